The Labute approximate surface area is 75.9 Å². The fourth-order valence-electron chi connectivity index (χ4n) is 0.609. The molecule has 0 saturated carbocycles. The summed E-state index contributed by atoms with van der Waals surface area (Å²) in [7, 11) is -4.61. The van der Waals surface area contributed by atoms with Gasteiger partial charge in [0.2, 0.25) is 16.1 Å². The van der Waals surface area contributed by atoms with Crippen LogP contribution in [0.15, 0.2) is 22.4 Å². The van der Waals surface area contributed by atoms with E-state index in [0.29, 0.717) is 0 Å². The molecule has 1 rings (SSSR count). The van der Waals surface area contributed by atoms with Crippen LogP contribution >= 0.6 is 0 Å². The molecule has 0 aliphatic carbocycles. The molecule has 7 nitrogen and oxygen atoms in total. The molecule has 2 N–H and O–H groups in total. The molecule has 0 bridgehead atoms. The smallest absolute Gasteiger partial charge is 0.301 e. The second-order valence-electron chi connectivity index (χ2n) is 1.89. The van der Waals surface area contributed by atoms with Gasteiger partial charge in [-0.1, -0.05) is 0 Å². The Morgan fingerprint density at radius 1 is 1.31 bits per heavy atom. The lowest BCUT2D eigenvalue weighted by molar-refractivity contribution is 0.471. The summed E-state index contributed by atoms with van der Waals surface area (Å²) in [5.74, 6) is 0. The summed E-state index contributed by atoms with van der Waals surface area (Å²) in [6.45, 7) is 0. The molecule has 0 saturated heterocycles. The normalized spacial score (nSPS) is 14.0. The van der Waals surface area contributed by atoms with Crippen molar-refractivity contribution in [1.29, 1.82) is 0 Å². The van der Waals surface area contributed by atoms with E-state index in [1.165, 1.54) is 0 Å². The maximum absolute atomic E-state index is 10.6. The van der Waals surface area contributed by atoms with Crippen molar-refractivity contribution in [2.24, 2.45) is 0 Å². The molecule has 1 unspecified atom stereocenters. The lowest BCUT2D eigenvalue weighted by Gasteiger charge is -1.98. The maximum atomic E-state index is 10.6. The number of hydrogen-bond donors (Lipinski definition) is 2. The van der Waals surface area contributed by atoms with E-state index in [-0.39, 0.29) is 0 Å². The molecule has 0 aliphatic heterocycles. The summed E-state index contributed by atoms with van der Waals surface area (Å²) in [5, 5.41) is -1.60. The first-order valence-corrected chi connectivity index (χ1v) is 5.37. The van der Waals surface area contributed by atoms with Crippen molar-refractivity contribution >= 4 is 21.2 Å². The highest BCUT2D eigenvalue weighted by molar-refractivity contribution is 7.87. The largest absolute Gasteiger partial charge is 0.315 e. The summed E-state index contributed by atoms with van der Waals surface area (Å²) in [4.78, 5) is 6.51. The maximum Gasteiger partial charge on any atom is 0.315 e. The molecule has 0 aliphatic rings. The third-order valence-corrected chi connectivity index (χ3v) is 2.59. The van der Waals surface area contributed by atoms with Crippen LogP contribution in [0.2, 0.25) is 0 Å². The van der Waals surface area contributed by atoms with Gasteiger partial charge in [0.25, 0.3) is 0 Å². The van der Waals surface area contributed by atoms with Gasteiger partial charge in [0.05, 0.1) is 0 Å². The fourth-order valence-corrected chi connectivity index (χ4v) is 1.96. The highest BCUT2D eigenvalue weighted by Gasteiger charge is 2.21. The standard InChI is InChI=1S/C4H4N2O5S2/c7-12(8)3-4(13(9,10)11)6-2-1-5-3/h1-2H,(H,7,8)(H,9,10,11). The number of aromatic nitrogens is 2. The zero-order valence-electron chi connectivity index (χ0n) is 5.98. The van der Waals surface area contributed by atoms with Gasteiger partial charge in [0.15, 0.2) is 5.03 Å². The van der Waals surface area contributed by atoms with E-state index in [0.717, 1.165) is 12.4 Å². The molecule has 1 aromatic rings. The Balaban J connectivity index is 3.46. The van der Waals surface area contributed by atoms with Crippen LogP contribution in [0.25, 0.3) is 0 Å². The summed E-state index contributed by atoms with van der Waals surface area (Å²) in [5.41, 5.74) is 0. The van der Waals surface area contributed by atoms with Crippen LogP contribution in [0.5, 0.6) is 0 Å². The van der Waals surface area contributed by atoms with Gasteiger partial charge in [-0.2, -0.15) is 8.42 Å². The molecule has 13 heavy (non-hydrogen) atoms. The zero-order valence-corrected chi connectivity index (χ0v) is 7.62. The lowest BCUT2D eigenvalue weighted by atomic mass is 10.8. The van der Waals surface area contributed by atoms with Crippen molar-refractivity contribution < 1.29 is 21.7 Å². The van der Waals surface area contributed by atoms with Crippen LogP contribution in [-0.4, -0.2) is 31.7 Å². The minimum atomic E-state index is -4.61. The van der Waals surface area contributed by atoms with Crippen LogP contribution < -0.4 is 0 Å². The molecule has 0 aromatic carbocycles. The Morgan fingerprint density at radius 3 is 2.23 bits per heavy atom. The molecule has 1 aromatic heterocycles. The van der Waals surface area contributed by atoms with Gasteiger partial charge >= 0.3 is 10.1 Å². The first kappa shape index (κ1) is 10.2. The molecular formula is C4H4N2O5S2. The van der Waals surface area contributed by atoms with Crippen molar-refractivity contribution in [3.8, 4) is 0 Å². The van der Waals surface area contributed by atoms with E-state index in [1.54, 1.807) is 0 Å². The zero-order chi connectivity index (χ0) is 10.1. The summed E-state index contributed by atoms with van der Waals surface area (Å²) in [6, 6.07) is 0. The predicted octanol–water partition coefficient (Wildman–Crippen LogP) is -0.696. The Hall–Kier alpha value is -0.900. The Kier molecular flexibility index (Phi) is 2.71. The van der Waals surface area contributed by atoms with Crippen LogP contribution in [0.4, 0.5) is 0 Å². The highest BCUT2D eigenvalue weighted by atomic mass is 32.2. The second kappa shape index (κ2) is 3.46. The van der Waals surface area contributed by atoms with Gasteiger partial charge in [0, 0.05) is 12.4 Å². The van der Waals surface area contributed by atoms with Gasteiger partial charge in [-0.05, 0) is 0 Å². The molecule has 72 valence electrons. The Bertz CT molecular complexity index is 442. The molecular weight excluding hydrogens is 220 g/mol. The monoisotopic (exact) mass is 224 g/mol. The van der Waals surface area contributed by atoms with E-state index in [4.69, 9.17) is 9.11 Å². The van der Waals surface area contributed by atoms with E-state index >= 15 is 0 Å². The average molecular weight is 224 g/mol. The molecule has 0 amide bonds. The quantitative estimate of drug-likeness (QED) is 0.504. The SMILES string of the molecule is O=S(O)c1nccnc1S(=O)(=O)O. The molecule has 0 fully saturated rings. The van der Waals surface area contributed by atoms with Crippen LogP contribution in [-0.2, 0) is 21.2 Å². The van der Waals surface area contributed by atoms with Crippen molar-refractivity contribution in [3.63, 3.8) is 0 Å². The van der Waals surface area contributed by atoms with Crippen molar-refractivity contribution in [2.75, 3.05) is 0 Å². The van der Waals surface area contributed by atoms with Crippen LogP contribution in [0, 0.1) is 0 Å². The number of nitrogens with zero attached hydrogens (tertiary/aromatic N) is 2. The van der Waals surface area contributed by atoms with Gasteiger partial charge < -0.3 is 4.55 Å². The van der Waals surface area contributed by atoms with Gasteiger partial charge in [-0.25, -0.2) is 14.2 Å². The predicted molar refractivity (Wildman–Crippen MR) is 40.9 cm³/mol. The Morgan fingerprint density at radius 2 is 1.85 bits per heavy atom. The number of rotatable bonds is 2. The van der Waals surface area contributed by atoms with Crippen LogP contribution in [0.1, 0.15) is 0 Å². The highest BCUT2D eigenvalue weighted by Crippen LogP contribution is 2.11. The van der Waals surface area contributed by atoms with Crippen molar-refractivity contribution in [3.05, 3.63) is 12.4 Å². The van der Waals surface area contributed by atoms with Crippen molar-refractivity contribution in [1.82, 2.24) is 9.97 Å². The summed E-state index contributed by atoms with van der Waals surface area (Å²) >= 11 is -2.60. The second-order valence-corrected chi connectivity index (χ2v) is 4.11. The molecule has 0 radical (unpaired) electrons. The first-order chi connectivity index (χ1) is 5.93. The number of hydrogen-bond acceptors (Lipinski definition) is 5. The van der Waals surface area contributed by atoms with E-state index < -0.39 is 31.3 Å². The third kappa shape index (κ3) is 2.28. The summed E-state index contributed by atoms with van der Waals surface area (Å²) in [6.07, 6.45) is 2.03. The first-order valence-electron chi connectivity index (χ1n) is 2.82. The molecule has 0 spiro atoms. The van der Waals surface area contributed by atoms with E-state index in [9.17, 15) is 12.6 Å². The molecule has 9 heteroatoms. The fraction of sp³-hybridized carbons (Fsp3) is 0. The average Bonchev–Trinajstić information content (AvgIpc) is 2.03. The minimum Gasteiger partial charge on any atom is -0.301 e. The van der Waals surface area contributed by atoms with Crippen LogP contribution in [0.3, 0.4) is 0 Å². The summed E-state index contributed by atoms with van der Waals surface area (Å²) < 4.78 is 48.7. The van der Waals surface area contributed by atoms with Gasteiger partial charge in [-0.15, -0.1) is 0 Å². The lowest BCUT2D eigenvalue weighted by Crippen LogP contribution is -2.08. The van der Waals surface area contributed by atoms with Gasteiger partial charge in [-0.3, -0.25) is 4.55 Å². The van der Waals surface area contributed by atoms with E-state index in [2.05, 4.69) is 9.97 Å². The minimum absolute atomic E-state index is 0.690. The topological polar surface area (TPSA) is 117 Å². The third-order valence-electron chi connectivity index (χ3n) is 1.04. The molecule has 1 atom stereocenters. The van der Waals surface area contributed by atoms with Gasteiger partial charge in [0.1, 0.15) is 0 Å². The van der Waals surface area contributed by atoms with Crippen molar-refractivity contribution in [2.45, 2.75) is 10.1 Å². The molecule has 1 heterocycles. The van der Waals surface area contributed by atoms with E-state index in [1.807, 2.05) is 0 Å².